The van der Waals surface area contributed by atoms with Crippen LogP contribution >= 0.6 is 0 Å². The number of anilines is 1. The van der Waals surface area contributed by atoms with Gasteiger partial charge in [0, 0.05) is 11.3 Å². The van der Waals surface area contributed by atoms with Gasteiger partial charge in [0.15, 0.2) is 18.1 Å². The van der Waals surface area contributed by atoms with E-state index in [1.54, 1.807) is 30.3 Å². The summed E-state index contributed by atoms with van der Waals surface area (Å²) in [5, 5.41) is 13.8. The van der Waals surface area contributed by atoms with Gasteiger partial charge in [-0.05, 0) is 50.2 Å². The molecule has 162 valence electrons. The Morgan fingerprint density at radius 2 is 1.74 bits per heavy atom. The number of hydrogen-bond donors (Lipinski definition) is 2. The molecular formula is C22H23N3O6. The monoisotopic (exact) mass is 425 g/mol. The number of amides is 2. The lowest BCUT2D eigenvalue weighted by Gasteiger charge is -2.12. The molecule has 0 saturated heterocycles. The molecule has 0 aliphatic rings. The predicted octanol–water partition coefficient (Wildman–Crippen LogP) is 2.27. The minimum Gasteiger partial charge on any atom is -0.490 e. The van der Waals surface area contributed by atoms with Gasteiger partial charge in [-0.1, -0.05) is 6.07 Å². The van der Waals surface area contributed by atoms with E-state index in [2.05, 4.69) is 10.6 Å². The van der Waals surface area contributed by atoms with Gasteiger partial charge in [0.1, 0.15) is 6.54 Å². The van der Waals surface area contributed by atoms with Crippen LogP contribution in [0.15, 0.2) is 42.5 Å². The summed E-state index contributed by atoms with van der Waals surface area (Å²) < 4.78 is 15.8. The molecule has 0 aromatic heterocycles. The second-order valence-corrected chi connectivity index (χ2v) is 6.11. The first-order valence-corrected chi connectivity index (χ1v) is 9.60. The van der Waals surface area contributed by atoms with Gasteiger partial charge in [-0.25, -0.2) is 0 Å². The highest BCUT2D eigenvalue weighted by atomic mass is 16.5. The van der Waals surface area contributed by atoms with Crippen LogP contribution in [0, 0.1) is 11.3 Å². The third kappa shape index (κ3) is 7.36. The Bertz CT molecular complexity index is 983. The fourth-order valence-corrected chi connectivity index (χ4v) is 2.51. The summed E-state index contributed by atoms with van der Waals surface area (Å²) in [6.07, 6.45) is 0. The van der Waals surface area contributed by atoms with Crippen LogP contribution in [-0.2, 0) is 14.3 Å². The summed E-state index contributed by atoms with van der Waals surface area (Å²) in [4.78, 5) is 36.0. The molecule has 9 nitrogen and oxygen atoms in total. The van der Waals surface area contributed by atoms with Crippen molar-refractivity contribution in [2.75, 3.05) is 31.7 Å². The van der Waals surface area contributed by atoms with Gasteiger partial charge < -0.3 is 24.8 Å². The average Bonchev–Trinajstić information content (AvgIpc) is 2.77. The summed E-state index contributed by atoms with van der Waals surface area (Å²) in [5.41, 5.74) is 1.09. The number of hydrogen-bond acceptors (Lipinski definition) is 7. The topological polar surface area (TPSA) is 127 Å². The molecule has 2 N–H and O–H groups in total. The lowest BCUT2D eigenvalue weighted by Crippen LogP contribution is -2.32. The summed E-state index contributed by atoms with van der Waals surface area (Å²) in [6, 6.07) is 13.0. The SMILES string of the molecule is CCOc1ccc(C(=O)NCC(=O)OCC(=O)Nc2cccc(C#N)c2)cc1OCC. The first-order valence-electron chi connectivity index (χ1n) is 9.60. The maximum absolute atomic E-state index is 12.3. The first kappa shape index (κ1) is 23.2. The van der Waals surface area contributed by atoms with Crippen molar-refractivity contribution in [1.29, 1.82) is 5.26 Å². The number of nitrogens with zero attached hydrogens (tertiary/aromatic N) is 1. The van der Waals surface area contributed by atoms with E-state index >= 15 is 0 Å². The smallest absolute Gasteiger partial charge is 0.325 e. The number of nitrogens with one attached hydrogen (secondary N) is 2. The molecule has 0 radical (unpaired) electrons. The molecule has 2 aromatic rings. The molecule has 2 rings (SSSR count). The second kappa shape index (κ2) is 11.8. The number of esters is 1. The molecule has 0 unspecified atom stereocenters. The van der Waals surface area contributed by atoms with Gasteiger partial charge in [-0.3, -0.25) is 14.4 Å². The quantitative estimate of drug-likeness (QED) is 0.559. The van der Waals surface area contributed by atoms with Crippen LogP contribution < -0.4 is 20.1 Å². The van der Waals surface area contributed by atoms with Crippen LogP contribution in [0.2, 0.25) is 0 Å². The molecule has 0 bridgehead atoms. The van der Waals surface area contributed by atoms with Gasteiger partial charge in [0.25, 0.3) is 11.8 Å². The minimum atomic E-state index is -0.773. The Balaban J connectivity index is 1.82. The summed E-state index contributed by atoms with van der Waals surface area (Å²) in [6.45, 7) is 3.58. The number of carbonyl (C=O) groups excluding carboxylic acids is 3. The van der Waals surface area contributed by atoms with Crippen molar-refractivity contribution >= 4 is 23.5 Å². The van der Waals surface area contributed by atoms with E-state index in [0.717, 1.165) is 0 Å². The van der Waals surface area contributed by atoms with E-state index in [9.17, 15) is 14.4 Å². The second-order valence-electron chi connectivity index (χ2n) is 6.11. The van der Waals surface area contributed by atoms with E-state index < -0.39 is 30.9 Å². The standard InChI is InChI=1S/C22H23N3O6/c1-3-29-18-9-8-16(11-19(18)30-4-2)22(28)24-13-21(27)31-14-20(26)25-17-7-5-6-15(10-17)12-23/h5-11H,3-4,13-14H2,1-2H3,(H,24,28)(H,25,26). The molecule has 2 amide bonds. The number of nitriles is 1. The Hall–Kier alpha value is -4.06. The summed E-state index contributed by atoms with van der Waals surface area (Å²) in [7, 11) is 0. The fraction of sp³-hybridized carbons (Fsp3) is 0.273. The summed E-state index contributed by atoms with van der Waals surface area (Å²) in [5.74, 6) is -0.894. The number of benzene rings is 2. The largest absolute Gasteiger partial charge is 0.490 e. The highest BCUT2D eigenvalue weighted by Gasteiger charge is 2.14. The van der Waals surface area contributed by atoms with Crippen LogP contribution in [0.25, 0.3) is 0 Å². The van der Waals surface area contributed by atoms with Crippen LogP contribution in [0.1, 0.15) is 29.8 Å². The van der Waals surface area contributed by atoms with Crippen molar-refractivity contribution in [3.8, 4) is 17.6 Å². The van der Waals surface area contributed by atoms with Gasteiger partial charge in [-0.2, -0.15) is 5.26 Å². The van der Waals surface area contributed by atoms with E-state index in [4.69, 9.17) is 19.5 Å². The third-order valence-corrected chi connectivity index (χ3v) is 3.84. The maximum Gasteiger partial charge on any atom is 0.325 e. The molecule has 2 aromatic carbocycles. The van der Waals surface area contributed by atoms with Gasteiger partial charge in [0.2, 0.25) is 0 Å². The third-order valence-electron chi connectivity index (χ3n) is 3.84. The lowest BCUT2D eigenvalue weighted by atomic mass is 10.2. The predicted molar refractivity (Wildman–Crippen MR) is 112 cm³/mol. The van der Waals surface area contributed by atoms with Crippen molar-refractivity contribution in [1.82, 2.24) is 5.32 Å². The van der Waals surface area contributed by atoms with E-state index in [0.29, 0.717) is 36.0 Å². The molecule has 31 heavy (non-hydrogen) atoms. The minimum absolute atomic E-state index is 0.287. The molecule has 9 heteroatoms. The van der Waals surface area contributed by atoms with Crippen molar-refractivity contribution in [2.45, 2.75) is 13.8 Å². The Kier molecular flexibility index (Phi) is 8.86. The zero-order chi connectivity index (χ0) is 22.6. The lowest BCUT2D eigenvalue weighted by molar-refractivity contribution is -0.146. The van der Waals surface area contributed by atoms with Crippen molar-refractivity contribution in [3.63, 3.8) is 0 Å². The Morgan fingerprint density at radius 3 is 2.45 bits per heavy atom. The van der Waals surface area contributed by atoms with E-state index in [-0.39, 0.29) is 5.56 Å². The normalized spacial score (nSPS) is 9.84. The van der Waals surface area contributed by atoms with Crippen LogP contribution in [0.5, 0.6) is 11.5 Å². The van der Waals surface area contributed by atoms with Gasteiger partial charge in [-0.15, -0.1) is 0 Å². The van der Waals surface area contributed by atoms with E-state index in [1.807, 2.05) is 19.9 Å². The zero-order valence-corrected chi connectivity index (χ0v) is 17.3. The molecule has 0 atom stereocenters. The highest BCUT2D eigenvalue weighted by molar-refractivity contribution is 5.97. The number of rotatable bonds is 10. The average molecular weight is 425 g/mol. The van der Waals surface area contributed by atoms with Crippen LogP contribution in [0.3, 0.4) is 0 Å². The van der Waals surface area contributed by atoms with Gasteiger partial charge >= 0.3 is 5.97 Å². The Morgan fingerprint density at radius 1 is 1.00 bits per heavy atom. The van der Waals surface area contributed by atoms with Crippen molar-refractivity contribution in [3.05, 3.63) is 53.6 Å². The molecule has 0 aliphatic heterocycles. The molecule has 0 saturated carbocycles. The molecule has 0 heterocycles. The first-order chi connectivity index (χ1) is 15.0. The van der Waals surface area contributed by atoms with Crippen molar-refractivity contribution < 1.29 is 28.6 Å². The van der Waals surface area contributed by atoms with E-state index in [1.165, 1.54) is 12.1 Å². The summed E-state index contributed by atoms with van der Waals surface area (Å²) >= 11 is 0. The molecule has 0 spiro atoms. The number of carbonyl (C=O) groups is 3. The molecule has 0 aliphatic carbocycles. The molecular weight excluding hydrogens is 402 g/mol. The zero-order valence-electron chi connectivity index (χ0n) is 17.3. The maximum atomic E-state index is 12.3. The van der Waals surface area contributed by atoms with Crippen LogP contribution in [-0.4, -0.2) is 44.1 Å². The number of ether oxygens (including phenoxy) is 3. The van der Waals surface area contributed by atoms with Gasteiger partial charge in [0.05, 0.1) is 24.8 Å². The van der Waals surface area contributed by atoms with Crippen molar-refractivity contribution in [2.24, 2.45) is 0 Å². The highest BCUT2D eigenvalue weighted by Crippen LogP contribution is 2.28. The molecule has 0 fully saturated rings. The Labute approximate surface area is 179 Å². The fourth-order valence-electron chi connectivity index (χ4n) is 2.51. The van der Waals surface area contributed by atoms with Crippen LogP contribution in [0.4, 0.5) is 5.69 Å².